The molecule has 2 heteroatoms. The van der Waals surface area contributed by atoms with Crippen molar-refractivity contribution in [3.8, 4) is 0 Å². The summed E-state index contributed by atoms with van der Waals surface area (Å²) in [6, 6.07) is 9.39. The van der Waals surface area contributed by atoms with Crippen LogP contribution in [0.1, 0.15) is 0 Å². The van der Waals surface area contributed by atoms with Crippen LogP contribution in [0.15, 0.2) is 24.3 Å². The zero-order valence-electron chi connectivity index (χ0n) is 10.3. The third kappa shape index (κ3) is 2.82. The minimum absolute atomic E-state index is 1.10. The monoisotopic (exact) mass is 222 g/mol. The van der Waals surface area contributed by atoms with Crippen LogP contribution in [0, 0.1) is 0 Å². The summed E-state index contributed by atoms with van der Waals surface area (Å²) in [4.78, 5) is 0. The number of benzene rings is 1. The van der Waals surface area contributed by atoms with Gasteiger partial charge in [-0.15, -0.1) is 0 Å². The average molecular weight is 222 g/mol. The summed E-state index contributed by atoms with van der Waals surface area (Å²) in [5, 5.41) is 3.14. The summed E-state index contributed by atoms with van der Waals surface area (Å²) in [5.74, 6) is 0. The Bertz CT molecular complexity index is 266. The van der Waals surface area contributed by atoms with Crippen LogP contribution in [0.4, 0.5) is 0 Å². The molecule has 0 fully saturated rings. The van der Waals surface area contributed by atoms with Gasteiger partial charge in [-0.3, -0.25) is 0 Å². The van der Waals surface area contributed by atoms with Gasteiger partial charge in [0.25, 0.3) is 0 Å². The smallest absolute Gasteiger partial charge is 0.0656 e. The van der Waals surface area contributed by atoms with E-state index in [-0.39, 0.29) is 0 Å². The van der Waals surface area contributed by atoms with Crippen LogP contribution in [0.5, 0.6) is 0 Å². The Labute approximate surface area is 90.4 Å². The lowest BCUT2D eigenvalue weighted by molar-refractivity contribution is 1.66. The van der Waals surface area contributed by atoms with Crippen LogP contribution >= 0.6 is 0 Å². The van der Waals surface area contributed by atoms with E-state index in [9.17, 15) is 0 Å². The van der Waals surface area contributed by atoms with Crippen LogP contribution in [0.25, 0.3) is 0 Å². The van der Waals surface area contributed by atoms with Gasteiger partial charge in [0.15, 0.2) is 0 Å². The van der Waals surface area contributed by atoms with Gasteiger partial charge in [-0.05, 0) is 0 Å². The molecule has 1 rings (SSSR count). The van der Waals surface area contributed by atoms with E-state index in [2.05, 4.69) is 63.5 Å². The first-order valence-electron chi connectivity index (χ1n) is 5.32. The lowest BCUT2D eigenvalue weighted by Gasteiger charge is -2.20. The Kier molecular flexibility index (Phi) is 3.07. The Morgan fingerprint density at radius 2 is 0.786 bits per heavy atom. The van der Waals surface area contributed by atoms with Crippen molar-refractivity contribution in [1.82, 2.24) is 0 Å². The highest BCUT2D eigenvalue weighted by molar-refractivity contribution is 6.90. The van der Waals surface area contributed by atoms with E-state index in [4.69, 9.17) is 0 Å². The topological polar surface area (TPSA) is 0 Å². The molecular weight excluding hydrogens is 200 g/mol. The van der Waals surface area contributed by atoms with Crippen molar-refractivity contribution >= 4 is 26.5 Å². The Balaban J connectivity index is 3.02. The highest BCUT2D eigenvalue weighted by Crippen LogP contribution is 2.04. The van der Waals surface area contributed by atoms with E-state index in [0.717, 1.165) is 0 Å². The zero-order valence-corrected chi connectivity index (χ0v) is 12.3. The molecule has 0 unspecified atom stereocenters. The molecule has 0 aliphatic rings. The molecule has 0 aliphatic heterocycles. The molecule has 1 aromatic rings. The average Bonchev–Trinajstić information content (AvgIpc) is 2.01. The van der Waals surface area contributed by atoms with Crippen molar-refractivity contribution in [2.24, 2.45) is 0 Å². The molecular formula is C12H22Si2. The fourth-order valence-electron chi connectivity index (χ4n) is 1.47. The summed E-state index contributed by atoms with van der Waals surface area (Å²) >= 11 is 0. The third-order valence-electron chi connectivity index (χ3n) is 2.62. The molecule has 0 amide bonds. The fraction of sp³-hybridized carbons (Fsp3) is 0.500. The van der Waals surface area contributed by atoms with Crippen LogP contribution in [0.3, 0.4) is 0 Å². The van der Waals surface area contributed by atoms with Crippen LogP contribution < -0.4 is 10.4 Å². The SMILES string of the molecule is C[Si](C)(C)c1ccc([Si](C)(C)C)cc1. The maximum Gasteiger partial charge on any atom is 0.0775 e. The van der Waals surface area contributed by atoms with E-state index in [1.54, 1.807) is 10.4 Å². The number of hydrogen-bond donors (Lipinski definition) is 0. The summed E-state index contributed by atoms with van der Waals surface area (Å²) in [5.41, 5.74) is 0. The Hall–Kier alpha value is -0.346. The summed E-state index contributed by atoms with van der Waals surface area (Å²) in [6.45, 7) is 14.4. The first kappa shape index (κ1) is 11.7. The van der Waals surface area contributed by atoms with Crippen molar-refractivity contribution in [1.29, 1.82) is 0 Å². The van der Waals surface area contributed by atoms with Gasteiger partial charge >= 0.3 is 0 Å². The Morgan fingerprint density at radius 1 is 0.571 bits per heavy atom. The van der Waals surface area contributed by atoms with E-state index < -0.39 is 16.1 Å². The normalized spacial score (nSPS) is 13.0. The maximum absolute atomic E-state index is 2.40. The molecule has 0 aliphatic carbocycles. The molecule has 0 aromatic heterocycles. The van der Waals surface area contributed by atoms with Gasteiger partial charge in [-0.2, -0.15) is 0 Å². The van der Waals surface area contributed by atoms with Crippen molar-refractivity contribution in [3.63, 3.8) is 0 Å². The molecule has 14 heavy (non-hydrogen) atoms. The predicted molar refractivity (Wildman–Crippen MR) is 72.4 cm³/mol. The molecule has 1 aromatic carbocycles. The third-order valence-corrected chi connectivity index (χ3v) is 6.75. The van der Waals surface area contributed by atoms with Gasteiger partial charge in [0.1, 0.15) is 0 Å². The lowest BCUT2D eigenvalue weighted by Crippen LogP contribution is -2.42. The number of hydrogen-bond acceptors (Lipinski definition) is 0. The van der Waals surface area contributed by atoms with Gasteiger partial charge < -0.3 is 0 Å². The minimum Gasteiger partial charge on any atom is -0.0656 e. The molecule has 0 N–H and O–H groups in total. The molecule has 0 atom stereocenters. The molecule has 0 radical (unpaired) electrons. The second-order valence-corrected chi connectivity index (χ2v) is 16.2. The summed E-state index contributed by atoms with van der Waals surface area (Å²) in [7, 11) is -2.20. The highest BCUT2D eigenvalue weighted by atomic mass is 28.3. The first-order chi connectivity index (χ1) is 6.21. The van der Waals surface area contributed by atoms with E-state index in [0.29, 0.717) is 0 Å². The molecule has 0 heterocycles. The second-order valence-electron chi connectivity index (χ2n) is 6.08. The van der Waals surface area contributed by atoms with Crippen LogP contribution in [0.2, 0.25) is 39.3 Å². The molecule has 78 valence electrons. The van der Waals surface area contributed by atoms with Gasteiger partial charge in [0.05, 0.1) is 16.1 Å². The van der Waals surface area contributed by atoms with Crippen LogP contribution in [-0.4, -0.2) is 16.1 Å². The second kappa shape index (κ2) is 3.67. The minimum atomic E-state index is -1.10. The predicted octanol–water partition coefficient (Wildman–Crippen LogP) is 2.78. The number of rotatable bonds is 2. The van der Waals surface area contributed by atoms with Gasteiger partial charge in [0, 0.05) is 0 Å². The maximum atomic E-state index is 2.40. The van der Waals surface area contributed by atoms with E-state index in [1.165, 1.54) is 0 Å². The standard InChI is InChI=1S/C12H22Si2/c1-13(2,3)11-7-9-12(10-8-11)14(4,5)6/h7-10H,1-6H3. The summed E-state index contributed by atoms with van der Waals surface area (Å²) < 4.78 is 0. The molecule has 0 nitrogen and oxygen atoms in total. The van der Waals surface area contributed by atoms with Gasteiger partial charge in [-0.1, -0.05) is 73.9 Å². The quantitative estimate of drug-likeness (QED) is 0.675. The van der Waals surface area contributed by atoms with Gasteiger partial charge in [-0.25, -0.2) is 0 Å². The zero-order chi connectivity index (χ0) is 11.0. The highest BCUT2D eigenvalue weighted by Gasteiger charge is 2.19. The summed E-state index contributed by atoms with van der Waals surface area (Å²) in [6.07, 6.45) is 0. The lowest BCUT2D eigenvalue weighted by atomic mass is 10.4. The first-order valence-corrected chi connectivity index (χ1v) is 12.3. The van der Waals surface area contributed by atoms with E-state index in [1.807, 2.05) is 0 Å². The molecule has 0 saturated carbocycles. The fourth-order valence-corrected chi connectivity index (χ4v) is 3.80. The molecule has 0 bridgehead atoms. The largest absolute Gasteiger partial charge is 0.0775 e. The van der Waals surface area contributed by atoms with Crippen LogP contribution in [-0.2, 0) is 0 Å². The molecule has 0 saturated heterocycles. The van der Waals surface area contributed by atoms with Crippen molar-refractivity contribution in [2.75, 3.05) is 0 Å². The van der Waals surface area contributed by atoms with Crippen molar-refractivity contribution in [3.05, 3.63) is 24.3 Å². The van der Waals surface area contributed by atoms with Gasteiger partial charge in [0.2, 0.25) is 0 Å². The van der Waals surface area contributed by atoms with E-state index >= 15 is 0 Å². The van der Waals surface area contributed by atoms with Crippen molar-refractivity contribution in [2.45, 2.75) is 39.3 Å². The van der Waals surface area contributed by atoms with Crippen molar-refractivity contribution < 1.29 is 0 Å². The molecule has 0 spiro atoms. The Morgan fingerprint density at radius 3 is 0.929 bits per heavy atom.